The van der Waals surface area contributed by atoms with Crippen LogP contribution >= 0.6 is 23.1 Å². The molecule has 3 nitrogen and oxygen atoms in total. The summed E-state index contributed by atoms with van der Waals surface area (Å²) in [6.07, 6.45) is 4.45. The van der Waals surface area contributed by atoms with Crippen LogP contribution in [-0.2, 0) is 4.79 Å². The van der Waals surface area contributed by atoms with Crippen molar-refractivity contribution in [3.8, 4) is 0 Å². The summed E-state index contributed by atoms with van der Waals surface area (Å²) >= 11 is 3.20. The molecule has 1 saturated heterocycles. The van der Waals surface area contributed by atoms with Crippen LogP contribution in [0.3, 0.4) is 0 Å². The first-order valence-electron chi connectivity index (χ1n) is 6.95. The highest BCUT2D eigenvalue weighted by atomic mass is 32.2. The summed E-state index contributed by atoms with van der Waals surface area (Å²) in [6.45, 7) is 6.38. The van der Waals surface area contributed by atoms with Crippen LogP contribution in [0.4, 0.5) is 0 Å². The van der Waals surface area contributed by atoms with Gasteiger partial charge in [-0.05, 0) is 60.5 Å². The Hall–Kier alpha value is -1.07. The second-order valence-corrected chi connectivity index (χ2v) is 7.43. The summed E-state index contributed by atoms with van der Waals surface area (Å²) < 4.78 is 0. The van der Waals surface area contributed by atoms with Gasteiger partial charge >= 0.3 is 0 Å². The van der Waals surface area contributed by atoms with Crippen molar-refractivity contribution >= 4 is 40.2 Å². The summed E-state index contributed by atoms with van der Waals surface area (Å²) in [5.74, 6) is 0.603. The Kier molecular flexibility index (Phi) is 3.98. The first-order valence-corrected chi connectivity index (χ1v) is 8.64. The van der Waals surface area contributed by atoms with E-state index in [9.17, 15) is 4.79 Å². The number of hydrogen-bond donors (Lipinski definition) is 0. The third-order valence-electron chi connectivity index (χ3n) is 3.70. The van der Waals surface area contributed by atoms with Gasteiger partial charge in [-0.2, -0.15) is 4.99 Å². The Morgan fingerprint density at radius 1 is 1.50 bits per heavy atom. The molecule has 0 spiro atoms. The highest BCUT2D eigenvalue weighted by Gasteiger charge is 2.28. The molecule has 1 aromatic rings. The first-order chi connectivity index (χ1) is 9.63. The number of piperidine rings is 1. The van der Waals surface area contributed by atoms with Gasteiger partial charge in [0.1, 0.15) is 0 Å². The molecule has 1 aromatic heterocycles. The molecular weight excluding hydrogens is 288 g/mol. The molecule has 2 aliphatic heterocycles. The molecule has 0 radical (unpaired) electrons. The fourth-order valence-electron chi connectivity index (χ4n) is 2.55. The van der Waals surface area contributed by atoms with Crippen molar-refractivity contribution in [2.75, 3.05) is 13.1 Å². The number of hydrogen-bond acceptors (Lipinski definition) is 4. The van der Waals surface area contributed by atoms with Crippen LogP contribution in [0.2, 0.25) is 0 Å². The molecule has 1 amide bonds. The number of rotatable bonds is 1. The summed E-state index contributed by atoms with van der Waals surface area (Å²) in [4.78, 5) is 20.5. The molecule has 3 heterocycles. The standard InChI is InChI=1S/C15H18N2OS2/c1-10-4-3-6-17(9-10)15-16-14(18)13(20-15)8-12-11(2)5-7-19-12/h5,7-8,10H,3-4,6,9H2,1-2H3/b13-8+/t10-/m0/s1. The third kappa shape index (κ3) is 2.83. The lowest BCUT2D eigenvalue weighted by Crippen LogP contribution is -2.37. The van der Waals surface area contributed by atoms with E-state index in [1.54, 1.807) is 11.3 Å². The number of thioether (sulfide) groups is 1. The average molecular weight is 306 g/mol. The minimum atomic E-state index is -0.0870. The van der Waals surface area contributed by atoms with Crippen LogP contribution in [0.15, 0.2) is 21.3 Å². The largest absolute Gasteiger partial charge is 0.351 e. The zero-order valence-corrected chi connectivity index (χ0v) is 13.4. The number of aliphatic imine (C=N–C) groups is 1. The first kappa shape index (κ1) is 13.9. The number of amidine groups is 1. The second-order valence-electron chi connectivity index (χ2n) is 5.47. The molecular formula is C15H18N2OS2. The summed E-state index contributed by atoms with van der Waals surface area (Å²) in [7, 11) is 0. The van der Waals surface area contributed by atoms with E-state index in [0.717, 1.165) is 28.0 Å². The summed E-state index contributed by atoms with van der Waals surface area (Å²) in [6, 6.07) is 2.08. The molecule has 1 fully saturated rings. The maximum Gasteiger partial charge on any atom is 0.286 e. The number of carbonyl (C=O) groups excluding carboxylic acids is 1. The van der Waals surface area contributed by atoms with Gasteiger partial charge in [-0.15, -0.1) is 11.3 Å². The van der Waals surface area contributed by atoms with Crippen molar-refractivity contribution in [2.24, 2.45) is 10.9 Å². The van der Waals surface area contributed by atoms with Crippen LogP contribution in [0, 0.1) is 12.8 Å². The third-order valence-corrected chi connectivity index (χ3v) is 5.71. The van der Waals surface area contributed by atoms with Gasteiger partial charge in [-0.3, -0.25) is 4.79 Å². The molecule has 2 aliphatic rings. The predicted molar refractivity (Wildman–Crippen MR) is 87.0 cm³/mol. The summed E-state index contributed by atoms with van der Waals surface area (Å²) in [5, 5.41) is 2.95. The Labute approximate surface area is 127 Å². The molecule has 106 valence electrons. The van der Waals surface area contributed by atoms with Crippen molar-refractivity contribution in [3.05, 3.63) is 26.8 Å². The van der Waals surface area contributed by atoms with E-state index in [2.05, 4.69) is 35.2 Å². The van der Waals surface area contributed by atoms with Crippen molar-refractivity contribution < 1.29 is 4.79 Å². The average Bonchev–Trinajstić information content (AvgIpc) is 2.98. The maximum absolute atomic E-state index is 12.0. The van der Waals surface area contributed by atoms with E-state index in [-0.39, 0.29) is 5.91 Å². The quantitative estimate of drug-likeness (QED) is 0.741. The smallest absolute Gasteiger partial charge is 0.286 e. The maximum atomic E-state index is 12.0. The zero-order chi connectivity index (χ0) is 14.1. The molecule has 0 N–H and O–H groups in total. The lowest BCUT2D eigenvalue weighted by atomic mass is 10.0. The highest BCUT2D eigenvalue weighted by molar-refractivity contribution is 8.18. The van der Waals surface area contributed by atoms with Gasteiger partial charge in [-0.1, -0.05) is 6.92 Å². The monoisotopic (exact) mass is 306 g/mol. The second kappa shape index (κ2) is 5.74. The van der Waals surface area contributed by atoms with E-state index < -0.39 is 0 Å². The molecule has 0 aliphatic carbocycles. The van der Waals surface area contributed by atoms with Crippen LogP contribution in [-0.4, -0.2) is 29.1 Å². The van der Waals surface area contributed by atoms with Crippen molar-refractivity contribution in [2.45, 2.75) is 26.7 Å². The van der Waals surface area contributed by atoms with E-state index in [4.69, 9.17) is 0 Å². The highest BCUT2D eigenvalue weighted by Crippen LogP contribution is 2.33. The fraction of sp³-hybridized carbons (Fsp3) is 0.467. The molecule has 0 aromatic carbocycles. The number of thiophene rings is 1. The van der Waals surface area contributed by atoms with Gasteiger partial charge in [-0.25, -0.2) is 0 Å². The SMILES string of the molecule is Cc1ccsc1/C=C1/SC(N2CCC[C@H](C)C2)=NC1=O. The van der Waals surface area contributed by atoms with Gasteiger partial charge in [0.2, 0.25) is 0 Å². The Morgan fingerprint density at radius 3 is 3.05 bits per heavy atom. The van der Waals surface area contributed by atoms with E-state index >= 15 is 0 Å². The number of amides is 1. The van der Waals surface area contributed by atoms with Crippen molar-refractivity contribution in [1.82, 2.24) is 4.90 Å². The molecule has 3 rings (SSSR count). The van der Waals surface area contributed by atoms with Gasteiger partial charge in [0.05, 0.1) is 4.91 Å². The normalized spacial score (nSPS) is 25.4. The topological polar surface area (TPSA) is 32.7 Å². The van der Waals surface area contributed by atoms with E-state index in [0.29, 0.717) is 5.92 Å². The van der Waals surface area contributed by atoms with E-state index in [1.165, 1.54) is 30.2 Å². The number of nitrogens with zero attached hydrogens (tertiary/aromatic N) is 2. The number of likely N-dealkylation sites (tertiary alicyclic amines) is 1. The van der Waals surface area contributed by atoms with Crippen LogP contribution in [0.25, 0.3) is 6.08 Å². The van der Waals surface area contributed by atoms with Crippen molar-refractivity contribution in [1.29, 1.82) is 0 Å². The molecule has 20 heavy (non-hydrogen) atoms. The van der Waals surface area contributed by atoms with Gasteiger partial charge in [0.15, 0.2) is 5.17 Å². The van der Waals surface area contributed by atoms with Gasteiger partial charge in [0, 0.05) is 18.0 Å². The lowest BCUT2D eigenvalue weighted by Gasteiger charge is -2.31. The van der Waals surface area contributed by atoms with Gasteiger partial charge in [0.25, 0.3) is 5.91 Å². The predicted octanol–water partition coefficient (Wildman–Crippen LogP) is 3.76. The minimum Gasteiger partial charge on any atom is -0.351 e. The minimum absolute atomic E-state index is 0.0870. The zero-order valence-electron chi connectivity index (χ0n) is 11.8. The fourth-order valence-corrected chi connectivity index (χ4v) is 4.41. The number of aryl methyl sites for hydroxylation is 1. The Morgan fingerprint density at radius 2 is 2.35 bits per heavy atom. The molecule has 1 atom stereocenters. The lowest BCUT2D eigenvalue weighted by molar-refractivity contribution is -0.113. The van der Waals surface area contributed by atoms with Crippen LogP contribution < -0.4 is 0 Å². The molecule has 5 heteroatoms. The van der Waals surface area contributed by atoms with Crippen molar-refractivity contribution in [3.63, 3.8) is 0 Å². The summed E-state index contributed by atoms with van der Waals surface area (Å²) in [5.41, 5.74) is 1.22. The van der Waals surface area contributed by atoms with E-state index in [1.807, 2.05) is 6.08 Å². The molecule has 0 unspecified atom stereocenters. The van der Waals surface area contributed by atoms with Crippen LogP contribution in [0.5, 0.6) is 0 Å². The molecule has 0 saturated carbocycles. The Bertz CT molecular complexity index is 588. The number of carbonyl (C=O) groups is 1. The van der Waals surface area contributed by atoms with Gasteiger partial charge < -0.3 is 4.90 Å². The Balaban J connectivity index is 1.75. The molecule has 0 bridgehead atoms. The van der Waals surface area contributed by atoms with Crippen LogP contribution in [0.1, 0.15) is 30.2 Å².